The van der Waals surface area contributed by atoms with Crippen molar-refractivity contribution < 1.29 is 31.6 Å². The van der Waals surface area contributed by atoms with Gasteiger partial charge in [-0.3, -0.25) is 4.55 Å². The van der Waals surface area contributed by atoms with Crippen LogP contribution in [0.5, 0.6) is 5.75 Å². The molecule has 0 saturated heterocycles. The van der Waals surface area contributed by atoms with E-state index in [0.717, 1.165) is 6.07 Å². The van der Waals surface area contributed by atoms with E-state index in [9.17, 15) is 26.5 Å². The Hall–Kier alpha value is -1.22. The van der Waals surface area contributed by atoms with E-state index in [-0.39, 0.29) is 67.4 Å². The second kappa shape index (κ2) is 9.93. The van der Waals surface area contributed by atoms with Gasteiger partial charge in [-0.1, -0.05) is 24.3 Å². The van der Waals surface area contributed by atoms with Crippen molar-refractivity contribution in [1.82, 2.24) is 0 Å². The second-order valence-electron chi connectivity index (χ2n) is 6.00. The van der Waals surface area contributed by atoms with Crippen molar-refractivity contribution in [3.8, 4) is 5.75 Å². The fourth-order valence-corrected chi connectivity index (χ4v) is 4.31. The summed E-state index contributed by atoms with van der Waals surface area (Å²) in [6, 6.07) is 12.8. The molecule has 30 heavy (non-hydrogen) atoms. The van der Waals surface area contributed by atoms with Gasteiger partial charge in [0.25, 0.3) is 10.1 Å². The van der Waals surface area contributed by atoms with Crippen molar-refractivity contribution in [2.75, 3.05) is 12.4 Å². The first-order valence-corrected chi connectivity index (χ1v) is 11.3. The van der Waals surface area contributed by atoms with Gasteiger partial charge in [0.15, 0.2) is 9.84 Å². The van der Waals surface area contributed by atoms with Crippen LogP contribution in [-0.2, 0) is 20.0 Å². The van der Waals surface area contributed by atoms with Crippen LogP contribution in [0.2, 0.25) is 0 Å². The number of aromatic hydroxyl groups is 1. The number of azo groups is 1. The number of fused-ring (bicyclic) bond motifs is 1. The molecule has 3 N–H and O–H groups in total. The average molecular weight is 477 g/mol. The quantitative estimate of drug-likeness (QED) is 0.280. The Bertz CT molecular complexity index is 1310. The molecule has 0 spiro atoms. The summed E-state index contributed by atoms with van der Waals surface area (Å²) in [7, 11) is -8.29. The number of phenols is 1. The van der Waals surface area contributed by atoms with Gasteiger partial charge in [-0.05, 0) is 30.3 Å². The van der Waals surface area contributed by atoms with E-state index in [1.54, 1.807) is 18.2 Å². The molecular weight excluding hydrogens is 459 g/mol. The van der Waals surface area contributed by atoms with Crippen LogP contribution < -0.4 is 0 Å². The third-order valence-electron chi connectivity index (χ3n) is 4.07. The predicted molar refractivity (Wildman–Crippen MR) is 112 cm³/mol. The molecule has 0 heterocycles. The number of hydrogen-bond acceptors (Lipinski definition) is 8. The maximum atomic E-state index is 11.9. The van der Waals surface area contributed by atoms with Crippen LogP contribution in [0.15, 0.2) is 74.6 Å². The first-order chi connectivity index (χ1) is 13.6. The van der Waals surface area contributed by atoms with Crippen LogP contribution >= 0.6 is 0 Å². The molecule has 3 aromatic carbocycles. The summed E-state index contributed by atoms with van der Waals surface area (Å²) in [5.74, 6) is -0.994. The van der Waals surface area contributed by atoms with E-state index >= 15 is 0 Å². The molecular formula is C18H17KN2O7S2. The van der Waals surface area contributed by atoms with Gasteiger partial charge in [0.05, 0.1) is 28.6 Å². The molecule has 9 nitrogen and oxygen atoms in total. The maximum absolute atomic E-state index is 11.9. The molecule has 0 saturated carbocycles. The van der Waals surface area contributed by atoms with E-state index in [0.29, 0.717) is 11.1 Å². The monoisotopic (exact) mass is 476 g/mol. The normalized spacial score (nSPS) is 12.2. The number of hydrogen-bond donors (Lipinski definition) is 3. The van der Waals surface area contributed by atoms with E-state index in [4.69, 9.17) is 5.11 Å². The number of rotatable bonds is 6. The summed E-state index contributed by atoms with van der Waals surface area (Å²) in [6.45, 7) is -0.492. The van der Waals surface area contributed by atoms with Crippen molar-refractivity contribution in [1.29, 1.82) is 0 Å². The molecule has 0 aliphatic heterocycles. The third kappa shape index (κ3) is 5.52. The first-order valence-electron chi connectivity index (χ1n) is 8.21. The van der Waals surface area contributed by atoms with Crippen molar-refractivity contribution in [3.63, 3.8) is 0 Å². The Morgan fingerprint density at radius 3 is 2.03 bits per heavy atom. The first kappa shape index (κ1) is 25.0. The molecule has 0 amide bonds. The SMILES string of the molecule is O=S(=O)(O)c1cc(N=Nc2ccc(S(=O)(=O)CCO)cc2)c2ccccc2c1O.[KH]. The van der Waals surface area contributed by atoms with Crippen molar-refractivity contribution in [3.05, 3.63) is 54.6 Å². The van der Waals surface area contributed by atoms with Crippen LogP contribution in [-0.4, -0.2) is 95.3 Å². The minimum absolute atomic E-state index is 0. The molecule has 0 bridgehead atoms. The van der Waals surface area contributed by atoms with Gasteiger partial charge >= 0.3 is 51.4 Å². The number of nitrogens with zero attached hydrogens (tertiary/aromatic N) is 2. The molecule has 0 radical (unpaired) electrons. The molecule has 154 valence electrons. The molecule has 0 aliphatic rings. The topological polar surface area (TPSA) is 154 Å². The van der Waals surface area contributed by atoms with Crippen molar-refractivity contribution >= 4 is 93.5 Å². The zero-order valence-electron chi connectivity index (χ0n) is 14.8. The fraction of sp³-hybridized carbons (Fsp3) is 0.111. The summed E-state index contributed by atoms with van der Waals surface area (Å²) in [4.78, 5) is -0.676. The third-order valence-corrected chi connectivity index (χ3v) is 6.64. The number of aliphatic hydroxyl groups excluding tert-OH is 1. The van der Waals surface area contributed by atoms with Gasteiger partial charge in [-0.15, -0.1) is 5.11 Å². The van der Waals surface area contributed by atoms with E-state index < -0.39 is 43.0 Å². The van der Waals surface area contributed by atoms with Gasteiger partial charge in [0, 0.05) is 10.8 Å². The average Bonchev–Trinajstić information content (AvgIpc) is 2.67. The zero-order chi connectivity index (χ0) is 21.2. The molecule has 0 atom stereocenters. The fourth-order valence-electron chi connectivity index (χ4n) is 2.67. The molecule has 0 aliphatic carbocycles. The number of benzene rings is 3. The van der Waals surface area contributed by atoms with Crippen LogP contribution in [0.3, 0.4) is 0 Å². The van der Waals surface area contributed by atoms with Crippen LogP contribution in [0.4, 0.5) is 11.4 Å². The van der Waals surface area contributed by atoms with Gasteiger partial charge in [-0.25, -0.2) is 8.42 Å². The molecule has 3 rings (SSSR count). The van der Waals surface area contributed by atoms with Gasteiger partial charge in [-0.2, -0.15) is 13.5 Å². The predicted octanol–water partition coefficient (Wildman–Crippen LogP) is 2.33. The summed E-state index contributed by atoms with van der Waals surface area (Å²) >= 11 is 0. The van der Waals surface area contributed by atoms with E-state index in [1.807, 2.05) is 0 Å². The number of sulfone groups is 1. The van der Waals surface area contributed by atoms with Gasteiger partial charge in [0.1, 0.15) is 10.6 Å². The minimum atomic E-state index is -4.70. The Morgan fingerprint density at radius 1 is 0.867 bits per heavy atom. The van der Waals surface area contributed by atoms with E-state index in [1.165, 1.54) is 30.3 Å². The van der Waals surface area contributed by atoms with Crippen LogP contribution in [0, 0.1) is 0 Å². The Labute approximate surface area is 215 Å². The van der Waals surface area contributed by atoms with Gasteiger partial charge < -0.3 is 10.2 Å². The van der Waals surface area contributed by atoms with Crippen LogP contribution in [0.1, 0.15) is 0 Å². The van der Waals surface area contributed by atoms with Gasteiger partial charge in [0.2, 0.25) is 0 Å². The van der Waals surface area contributed by atoms with Crippen molar-refractivity contribution in [2.24, 2.45) is 10.2 Å². The molecule has 12 heteroatoms. The summed E-state index contributed by atoms with van der Waals surface area (Å²) in [6.07, 6.45) is 0. The van der Waals surface area contributed by atoms with Crippen LogP contribution in [0.25, 0.3) is 10.8 Å². The molecule has 0 fully saturated rings. The number of aliphatic hydroxyl groups is 1. The molecule has 3 aromatic rings. The summed E-state index contributed by atoms with van der Waals surface area (Å²) in [5.41, 5.74) is 0.376. The Kier molecular flexibility index (Phi) is 8.29. The Balaban J connectivity index is 0.00000320. The molecule has 0 unspecified atom stereocenters. The summed E-state index contributed by atoms with van der Waals surface area (Å²) < 4.78 is 56.3. The summed E-state index contributed by atoms with van der Waals surface area (Å²) in [5, 5.41) is 27.5. The standard InChI is InChI=1S/C18H16N2O7S2.K.H/c21-9-10-28(23,24)13-7-5-12(6-8-13)19-20-16-11-17(29(25,26)27)18(22)15-4-2-1-3-14(15)16;;/h1-8,11,21-22H,9-10H2,(H,25,26,27);;. The zero-order valence-corrected chi connectivity index (χ0v) is 16.4. The Morgan fingerprint density at radius 2 is 1.47 bits per heavy atom. The molecule has 0 aromatic heterocycles. The second-order valence-corrected chi connectivity index (χ2v) is 9.50. The van der Waals surface area contributed by atoms with Crippen molar-refractivity contribution in [2.45, 2.75) is 9.79 Å². The number of phenolic OH excluding ortho intramolecular Hbond substituents is 1. The van der Waals surface area contributed by atoms with E-state index in [2.05, 4.69) is 10.2 Å².